The Morgan fingerprint density at radius 2 is 1.60 bits per heavy atom. The van der Waals surface area contributed by atoms with Gasteiger partial charge in [0.2, 0.25) is 11.8 Å². The number of hydrogen-bond donors (Lipinski definition) is 1. The van der Waals surface area contributed by atoms with Crippen LogP contribution in [0.1, 0.15) is 50.2 Å². The van der Waals surface area contributed by atoms with Crippen molar-refractivity contribution in [1.29, 1.82) is 0 Å². The van der Waals surface area contributed by atoms with Crippen molar-refractivity contribution in [3.8, 4) is 5.75 Å². The van der Waals surface area contributed by atoms with E-state index in [0.717, 1.165) is 47.5 Å². The summed E-state index contributed by atoms with van der Waals surface area (Å²) in [6, 6.07) is 22.3. The lowest BCUT2D eigenvalue weighted by molar-refractivity contribution is -0.139. The van der Waals surface area contributed by atoms with Gasteiger partial charge in [-0.15, -0.1) is 0 Å². The summed E-state index contributed by atoms with van der Waals surface area (Å²) in [6.45, 7) is 3.32. The molecule has 1 unspecified atom stereocenters. The molecule has 1 aliphatic rings. The van der Waals surface area contributed by atoms with Crippen LogP contribution < -0.4 is 14.4 Å². The highest BCUT2D eigenvalue weighted by molar-refractivity contribution is 7.92. The second-order valence-corrected chi connectivity index (χ2v) is 12.7. The maximum Gasteiger partial charge on any atom is 0.264 e. The van der Waals surface area contributed by atoms with E-state index in [1.54, 1.807) is 37.3 Å². The van der Waals surface area contributed by atoms with Crippen LogP contribution >= 0.6 is 0 Å². The zero-order valence-corrected chi connectivity index (χ0v) is 25.5. The van der Waals surface area contributed by atoms with Crippen molar-refractivity contribution in [3.05, 3.63) is 90.0 Å². The van der Waals surface area contributed by atoms with Gasteiger partial charge in [0, 0.05) is 12.6 Å². The first kappa shape index (κ1) is 31.1. The Hall–Kier alpha value is -3.85. The number of carbonyl (C=O) groups is 2. The average Bonchev–Trinajstić information content (AvgIpc) is 3.01. The van der Waals surface area contributed by atoms with Gasteiger partial charge in [0.05, 0.1) is 17.7 Å². The van der Waals surface area contributed by atoms with Gasteiger partial charge in [0.1, 0.15) is 18.3 Å². The molecular formula is C33H41N3O5S. The van der Waals surface area contributed by atoms with E-state index in [2.05, 4.69) is 5.32 Å². The summed E-state index contributed by atoms with van der Waals surface area (Å²) in [4.78, 5) is 29.1. The number of nitrogens with zero attached hydrogens (tertiary/aromatic N) is 2. The molecule has 3 aromatic rings. The minimum atomic E-state index is -4.16. The zero-order valence-electron chi connectivity index (χ0n) is 24.7. The monoisotopic (exact) mass is 591 g/mol. The first-order valence-corrected chi connectivity index (χ1v) is 16.0. The van der Waals surface area contributed by atoms with Crippen molar-refractivity contribution in [2.45, 2.75) is 69.4 Å². The number of aryl methyl sites for hydroxylation is 1. The highest BCUT2D eigenvalue weighted by Gasteiger charge is 2.34. The van der Waals surface area contributed by atoms with Gasteiger partial charge >= 0.3 is 0 Å². The van der Waals surface area contributed by atoms with Gasteiger partial charge in [-0.1, -0.05) is 73.9 Å². The van der Waals surface area contributed by atoms with Gasteiger partial charge in [-0.05, 0) is 68.5 Å². The fourth-order valence-corrected chi connectivity index (χ4v) is 6.80. The lowest BCUT2D eigenvalue weighted by Gasteiger charge is -2.33. The molecular weight excluding hydrogens is 550 g/mol. The molecule has 9 heteroatoms. The number of sulfonamides is 1. The minimum Gasteiger partial charge on any atom is -0.495 e. The molecule has 0 radical (unpaired) electrons. The van der Waals surface area contributed by atoms with Crippen LogP contribution in [0.5, 0.6) is 5.75 Å². The van der Waals surface area contributed by atoms with Gasteiger partial charge in [-0.25, -0.2) is 8.42 Å². The molecule has 1 atom stereocenters. The number of carbonyl (C=O) groups excluding carboxylic acids is 2. The van der Waals surface area contributed by atoms with Gasteiger partial charge in [-0.2, -0.15) is 0 Å². The normalized spacial score (nSPS) is 14.5. The summed E-state index contributed by atoms with van der Waals surface area (Å²) in [7, 11) is -2.70. The molecule has 0 spiro atoms. The molecule has 0 saturated heterocycles. The highest BCUT2D eigenvalue weighted by atomic mass is 32.2. The second-order valence-electron chi connectivity index (χ2n) is 10.8. The van der Waals surface area contributed by atoms with Crippen molar-refractivity contribution in [2.75, 3.05) is 24.5 Å². The van der Waals surface area contributed by atoms with Crippen LogP contribution in [0.3, 0.4) is 0 Å². The van der Waals surface area contributed by atoms with Crippen LogP contribution in [0.2, 0.25) is 0 Å². The van der Waals surface area contributed by atoms with Crippen LogP contribution in [0.15, 0.2) is 83.8 Å². The molecule has 3 aromatic carbocycles. The first-order valence-electron chi connectivity index (χ1n) is 14.6. The summed E-state index contributed by atoms with van der Waals surface area (Å²) in [5.74, 6) is -0.374. The zero-order chi connectivity index (χ0) is 30.1. The summed E-state index contributed by atoms with van der Waals surface area (Å²) in [5.41, 5.74) is 2.09. The van der Waals surface area contributed by atoms with Gasteiger partial charge in [-0.3, -0.25) is 13.9 Å². The smallest absolute Gasteiger partial charge is 0.264 e. The third-order valence-electron chi connectivity index (χ3n) is 7.82. The van der Waals surface area contributed by atoms with Crippen molar-refractivity contribution < 1.29 is 22.7 Å². The lowest BCUT2D eigenvalue weighted by Crippen LogP contribution is -2.53. The van der Waals surface area contributed by atoms with Crippen LogP contribution in [0.25, 0.3) is 0 Å². The molecule has 8 nitrogen and oxygen atoms in total. The number of benzene rings is 3. The van der Waals surface area contributed by atoms with Crippen molar-refractivity contribution >= 4 is 27.5 Å². The first-order chi connectivity index (χ1) is 20.2. The minimum absolute atomic E-state index is 0.0558. The van der Waals surface area contributed by atoms with Gasteiger partial charge in [0.25, 0.3) is 10.0 Å². The number of hydrogen-bond acceptors (Lipinski definition) is 5. The fourth-order valence-electron chi connectivity index (χ4n) is 5.37. The van der Waals surface area contributed by atoms with Crippen LogP contribution in [-0.4, -0.2) is 57.4 Å². The topological polar surface area (TPSA) is 96.0 Å². The molecule has 0 heterocycles. The number of ether oxygens (including phenoxy) is 1. The number of rotatable bonds is 12. The number of methoxy groups -OCH3 is 1. The molecule has 1 N–H and O–H groups in total. The predicted octanol–water partition coefficient (Wildman–Crippen LogP) is 5.11. The maximum absolute atomic E-state index is 14.1. The molecule has 1 saturated carbocycles. The number of anilines is 1. The van der Waals surface area contributed by atoms with E-state index in [4.69, 9.17) is 4.74 Å². The Bertz CT molecular complexity index is 1440. The SMILES string of the molecule is COc1ccc(C)cc1N(CC(=O)N(CCc1ccccc1)C(C)C(=O)NC1CCCCC1)S(=O)(=O)c1ccccc1. The molecule has 1 aliphatic carbocycles. The van der Waals surface area contributed by atoms with E-state index in [1.165, 1.54) is 24.1 Å². The van der Waals surface area contributed by atoms with E-state index < -0.39 is 28.5 Å². The maximum atomic E-state index is 14.1. The molecule has 0 aliphatic heterocycles. The van der Waals surface area contributed by atoms with Gasteiger partial charge < -0.3 is 15.0 Å². The van der Waals surface area contributed by atoms with Crippen LogP contribution in [0.4, 0.5) is 5.69 Å². The van der Waals surface area contributed by atoms with E-state index in [9.17, 15) is 18.0 Å². The highest BCUT2D eigenvalue weighted by Crippen LogP contribution is 2.33. The van der Waals surface area contributed by atoms with E-state index in [-0.39, 0.29) is 29.1 Å². The molecule has 4 rings (SSSR count). The summed E-state index contributed by atoms with van der Waals surface area (Å²) in [6.07, 6.45) is 5.67. The molecule has 42 heavy (non-hydrogen) atoms. The summed E-state index contributed by atoms with van der Waals surface area (Å²) >= 11 is 0. The largest absolute Gasteiger partial charge is 0.495 e. The molecule has 0 bridgehead atoms. The molecule has 2 amide bonds. The Morgan fingerprint density at radius 1 is 0.952 bits per heavy atom. The number of amides is 2. The predicted molar refractivity (Wildman–Crippen MR) is 165 cm³/mol. The molecule has 224 valence electrons. The Kier molecular flexibility index (Phi) is 10.6. The Morgan fingerprint density at radius 3 is 2.24 bits per heavy atom. The quantitative estimate of drug-likeness (QED) is 0.316. The fraction of sp³-hybridized carbons (Fsp3) is 0.394. The van der Waals surface area contributed by atoms with E-state index in [0.29, 0.717) is 12.2 Å². The Labute approximate surface area is 249 Å². The second kappa shape index (κ2) is 14.4. The third-order valence-corrected chi connectivity index (χ3v) is 9.59. The average molecular weight is 592 g/mol. The van der Waals surface area contributed by atoms with Crippen molar-refractivity contribution in [2.24, 2.45) is 0 Å². The van der Waals surface area contributed by atoms with Crippen molar-refractivity contribution in [3.63, 3.8) is 0 Å². The van der Waals surface area contributed by atoms with Crippen LogP contribution in [0, 0.1) is 6.92 Å². The third kappa shape index (κ3) is 7.70. The lowest BCUT2D eigenvalue weighted by atomic mass is 9.95. The van der Waals surface area contributed by atoms with Crippen LogP contribution in [-0.2, 0) is 26.0 Å². The van der Waals surface area contributed by atoms with E-state index in [1.807, 2.05) is 43.3 Å². The van der Waals surface area contributed by atoms with Crippen molar-refractivity contribution in [1.82, 2.24) is 10.2 Å². The standard InChI is InChI=1S/C33H41N3O5S/c1-25-19-20-31(41-3)30(23-25)36(42(39,40)29-17-11-6-12-18-29)24-32(37)35(22-21-27-13-7-4-8-14-27)26(2)33(38)34-28-15-9-5-10-16-28/h4,6-8,11-14,17-20,23,26,28H,5,9-10,15-16,21-22,24H2,1-3H3,(H,34,38). The molecule has 0 aromatic heterocycles. The number of nitrogens with one attached hydrogen (secondary N) is 1. The Balaban J connectivity index is 1.68. The van der Waals surface area contributed by atoms with E-state index >= 15 is 0 Å². The summed E-state index contributed by atoms with van der Waals surface area (Å²) in [5, 5.41) is 3.13. The summed E-state index contributed by atoms with van der Waals surface area (Å²) < 4.78 is 34.7. The molecule has 1 fully saturated rings. The van der Waals surface area contributed by atoms with Gasteiger partial charge in [0.15, 0.2) is 0 Å².